The van der Waals surface area contributed by atoms with E-state index in [2.05, 4.69) is 46.1 Å². The maximum Gasteiger partial charge on any atom is 0.123 e. The zero-order chi connectivity index (χ0) is 17.8. The molecule has 4 rings (SSSR count). The molecule has 0 bridgehead atoms. The first-order valence-electron chi connectivity index (χ1n) is 9.41. The molecular formula is C22H25FN2S. The van der Waals surface area contributed by atoms with Gasteiger partial charge < -0.3 is 9.47 Å². The van der Waals surface area contributed by atoms with E-state index < -0.39 is 0 Å². The van der Waals surface area contributed by atoms with E-state index in [-0.39, 0.29) is 5.82 Å². The van der Waals surface area contributed by atoms with E-state index in [4.69, 9.17) is 0 Å². The van der Waals surface area contributed by atoms with Gasteiger partial charge in [-0.15, -0.1) is 11.8 Å². The minimum absolute atomic E-state index is 0.160. The van der Waals surface area contributed by atoms with Crippen molar-refractivity contribution in [2.45, 2.75) is 24.3 Å². The fourth-order valence-electron chi connectivity index (χ4n) is 3.76. The smallest absolute Gasteiger partial charge is 0.123 e. The normalized spacial score (nSPS) is 16.3. The third-order valence-electron chi connectivity index (χ3n) is 5.27. The van der Waals surface area contributed by atoms with Gasteiger partial charge in [0.05, 0.1) is 0 Å². The Kier molecular flexibility index (Phi) is 5.61. The number of thioether (sulfide) groups is 1. The Balaban J connectivity index is 1.20. The third-order valence-corrected chi connectivity index (χ3v) is 6.26. The van der Waals surface area contributed by atoms with Gasteiger partial charge in [-0.3, -0.25) is 0 Å². The lowest BCUT2D eigenvalue weighted by molar-refractivity contribution is 0.182. The molecule has 0 spiro atoms. The Morgan fingerprint density at radius 3 is 2.23 bits per heavy atom. The van der Waals surface area contributed by atoms with Gasteiger partial charge in [-0.2, -0.15) is 0 Å². The van der Waals surface area contributed by atoms with Gasteiger partial charge in [-0.05, 0) is 66.9 Å². The summed E-state index contributed by atoms with van der Waals surface area (Å²) < 4.78 is 15.3. The zero-order valence-electron chi connectivity index (χ0n) is 15.0. The van der Waals surface area contributed by atoms with Crippen molar-refractivity contribution in [3.8, 4) is 0 Å². The van der Waals surface area contributed by atoms with Gasteiger partial charge in [0, 0.05) is 36.1 Å². The third kappa shape index (κ3) is 4.49. The van der Waals surface area contributed by atoms with Crippen LogP contribution in [0.15, 0.2) is 65.8 Å². The monoisotopic (exact) mass is 368 g/mol. The maximum absolute atomic E-state index is 12.9. The number of rotatable bonds is 6. The van der Waals surface area contributed by atoms with Crippen LogP contribution in [0.2, 0.25) is 0 Å². The summed E-state index contributed by atoms with van der Waals surface area (Å²) in [5.74, 6) is 1.68. The van der Waals surface area contributed by atoms with Gasteiger partial charge in [-0.1, -0.05) is 24.3 Å². The van der Waals surface area contributed by atoms with Crippen molar-refractivity contribution in [3.05, 3.63) is 66.7 Å². The SMILES string of the molecule is Fc1ccc(SCCN2CCC(Cn3cc4ccccc4c3)CC2)cc1. The molecule has 26 heavy (non-hydrogen) atoms. The van der Waals surface area contributed by atoms with Crippen molar-refractivity contribution in [2.24, 2.45) is 5.92 Å². The summed E-state index contributed by atoms with van der Waals surface area (Å²) in [6.07, 6.45) is 7.10. The number of fused-ring (bicyclic) bond motifs is 1. The predicted molar refractivity (Wildman–Crippen MR) is 108 cm³/mol. The zero-order valence-corrected chi connectivity index (χ0v) is 15.8. The average molecular weight is 369 g/mol. The van der Waals surface area contributed by atoms with E-state index >= 15 is 0 Å². The van der Waals surface area contributed by atoms with Crippen LogP contribution in [0.5, 0.6) is 0 Å². The molecule has 0 atom stereocenters. The second-order valence-corrected chi connectivity index (χ2v) is 8.34. The van der Waals surface area contributed by atoms with Crippen molar-refractivity contribution < 1.29 is 4.39 Å². The molecule has 1 aliphatic rings. The Bertz CT molecular complexity index is 802. The second kappa shape index (κ2) is 8.28. The van der Waals surface area contributed by atoms with E-state index in [9.17, 15) is 4.39 Å². The van der Waals surface area contributed by atoms with Crippen LogP contribution in [-0.4, -0.2) is 34.9 Å². The highest BCUT2D eigenvalue weighted by Gasteiger charge is 2.19. The Hall–Kier alpha value is -1.78. The molecule has 1 aliphatic heterocycles. The lowest BCUT2D eigenvalue weighted by Gasteiger charge is -2.32. The maximum atomic E-state index is 12.9. The van der Waals surface area contributed by atoms with Crippen LogP contribution in [0.3, 0.4) is 0 Å². The summed E-state index contributed by atoms with van der Waals surface area (Å²) in [4.78, 5) is 3.72. The van der Waals surface area contributed by atoms with Crippen molar-refractivity contribution in [1.29, 1.82) is 0 Å². The van der Waals surface area contributed by atoms with Gasteiger partial charge in [0.1, 0.15) is 5.82 Å². The molecule has 1 saturated heterocycles. The highest BCUT2D eigenvalue weighted by atomic mass is 32.2. The van der Waals surface area contributed by atoms with E-state index in [0.29, 0.717) is 0 Å². The first kappa shape index (κ1) is 17.6. The minimum atomic E-state index is -0.160. The molecule has 4 heteroatoms. The number of piperidine rings is 1. The van der Waals surface area contributed by atoms with Crippen molar-refractivity contribution in [3.63, 3.8) is 0 Å². The van der Waals surface area contributed by atoms with Gasteiger partial charge in [-0.25, -0.2) is 4.39 Å². The number of hydrogen-bond donors (Lipinski definition) is 0. The fourth-order valence-corrected chi connectivity index (χ4v) is 4.67. The quantitative estimate of drug-likeness (QED) is 0.547. The molecule has 0 unspecified atom stereocenters. The van der Waals surface area contributed by atoms with E-state index in [1.807, 2.05) is 23.9 Å². The molecule has 0 amide bonds. The Labute approximate surface area is 159 Å². The fraction of sp³-hybridized carbons (Fsp3) is 0.364. The van der Waals surface area contributed by atoms with Crippen LogP contribution >= 0.6 is 11.8 Å². The van der Waals surface area contributed by atoms with E-state index in [0.717, 1.165) is 29.7 Å². The minimum Gasteiger partial charge on any atom is -0.353 e. The summed E-state index contributed by atoms with van der Waals surface area (Å²) in [7, 11) is 0. The summed E-state index contributed by atoms with van der Waals surface area (Å²) in [6, 6.07) is 15.4. The predicted octanol–water partition coefficient (Wildman–Crippen LogP) is 5.28. The standard InChI is InChI=1S/C22H25FN2S/c23-21-5-7-22(8-6-21)26-14-13-24-11-9-18(10-12-24)15-25-16-19-3-1-2-4-20(19)17-25/h1-8,16-18H,9-15H2. The lowest BCUT2D eigenvalue weighted by atomic mass is 9.97. The van der Waals surface area contributed by atoms with Crippen LogP contribution in [0.1, 0.15) is 12.8 Å². The largest absolute Gasteiger partial charge is 0.353 e. The van der Waals surface area contributed by atoms with Crippen LogP contribution in [0.25, 0.3) is 10.8 Å². The Morgan fingerprint density at radius 2 is 1.58 bits per heavy atom. The molecule has 0 saturated carbocycles. The van der Waals surface area contributed by atoms with Crippen LogP contribution in [-0.2, 0) is 6.54 Å². The van der Waals surface area contributed by atoms with Gasteiger partial charge in [0.2, 0.25) is 0 Å². The van der Waals surface area contributed by atoms with Crippen molar-refractivity contribution >= 4 is 22.5 Å². The molecule has 0 aliphatic carbocycles. The number of nitrogens with zero attached hydrogens (tertiary/aromatic N) is 2. The molecule has 1 fully saturated rings. The van der Waals surface area contributed by atoms with E-state index in [1.54, 1.807) is 12.1 Å². The summed E-state index contributed by atoms with van der Waals surface area (Å²) in [6.45, 7) is 4.62. The first-order valence-corrected chi connectivity index (χ1v) is 10.4. The molecule has 1 aromatic heterocycles. The molecule has 136 valence electrons. The van der Waals surface area contributed by atoms with Gasteiger partial charge in [0.15, 0.2) is 0 Å². The number of aromatic nitrogens is 1. The molecule has 3 aromatic rings. The number of hydrogen-bond acceptors (Lipinski definition) is 2. The molecular weight excluding hydrogens is 343 g/mol. The number of likely N-dealkylation sites (tertiary alicyclic amines) is 1. The number of halogens is 1. The van der Waals surface area contributed by atoms with E-state index in [1.165, 1.54) is 36.7 Å². The van der Waals surface area contributed by atoms with Crippen LogP contribution in [0.4, 0.5) is 4.39 Å². The van der Waals surface area contributed by atoms with Gasteiger partial charge >= 0.3 is 0 Å². The topological polar surface area (TPSA) is 8.17 Å². The van der Waals surface area contributed by atoms with Crippen molar-refractivity contribution in [2.75, 3.05) is 25.4 Å². The second-order valence-electron chi connectivity index (χ2n) is 7.17. The van der Waals surface area contributed by atoms with Crippen molar-refractivity contribution in [1.82, 2.24) is 9.47 Å². The molecule has 0 radical (unpaired) electrons. The molecule has 2 heterocycles. The molecule has 0 N–H and O–H groups in total. The molecule has 2 nitrogen and oxygen atoms in total. The highest BCUT2D eigenvalue weighted by molar-refractivity contribution is 7.99. The van der Waals surface area contributed by atoms with Gasteiger partial charge in [0.25, 0.3) is 0 Å². The lowest BCUT2D eigenvalue weighted by Crippen LogP contribution is -2.36. The summed E-state index contributed by atoms with van der Waals surface area (Å²) in [5.41, 5.74) is 0. The average Bonchev–Trinajstić information content (AvgIpc) is 3.07. The first-order chi connectivity index (χ1) is 12.8. The summed E-state index contributed by atoms with van der Waals surface area (Å²) in [5, 5.41) is 2.67. The highest BCUT2D eigenvalue weighted by Crippen LogP contribution is 2.23. The molecule has 2 aromatic carbocycles. The number of benzene rings is 2. The Morgan fingerprint density at radius 1 is 0.923 bits per heavy atom. The van der Waals surface area contributed by atoms with Crippen LogP contribution in [0, 0.1) is 11.7 Å². The summed E-state index contributed by atoms with van der Waals surface area (Å²) >= 11 is 1.82. The van der Waals surface area contributed by atoms with Crippen LogP contribution < -0.4 is 0 Å².